The van der Waals surface area contributed by atoms with Crippen LogP contribution in [0.3, 0.4) is 0 Å². The fraction of sp³-hybridized carbons (Fsp3) is 0. The van der Waals surface area contributed by atoms with Crippen LogP contribution in [0.2, 0.25) is 0 Å². The summed E-state index contributed by atoms with van der Waals surface area (Å²) in [6, 6.07) is 3.73. The smallest absolute Gasteiger partial charge is 0.338 e. The van der Waals surface area contributed by atoms with Gasteiger partial charge in [-0.2, -0.15) is 0 Å². The Bertz CT molecular complexity index is 716. The Morgan fingerprint density at radius 2 is 1.95 bits per heavy atom. The summed E-state index contributed by atoms with van der Waals surface area (Å²) < 4.78 is 27.5. The predicted molar refractivity (Wildman–Crippen MR) is 68.3 cm³/mol. The fourth-order valence-corrected chi connectivity index (χ4v) is 2.37. The third-order valence-corrected chi connectivity index (χ3v) is 3.51. The number of carbonyl (C=O) groups is 1. The van der Waals surface area contributed by atoms with Gasteiger partial charge in [0.25, 0.3) is 5.69 Å². The van der Waals surface area contributed by atoms with Crippen molar-refractivity contribution in [2.45, 2.75) is 9.92 Å². The maximum absolute atomic E-state index is 13.7. The van der Waals surface area contributed by atoms with Gasteiger partial charge in [0.05, 0.1) is 27.5 Å². The van der Waals surface area contributed by atoms with Gasteiger partial charge in [-0.15, -0.1) is 0 Å². The van der Waals surface area contributed by atoms with Crippen molar-refractivity contribution in [3.63, 3.8) is 0 Å². The second kappa shape index (κ2) is 5.83. The van der Waals surface area contributed by atoms with E-state index >= 15 is 0 Å². The molecule has 0 aliphatic heterocycles. The maximum Gasteiger partial charge on any atom is 0.338 e. The van der Waals surface area contributed by atoms with Crippen molar-refractivity contribution in [2.75, 3.05) is 0 Å². The molecule has 0 spiro atoms. The van der Waals surface area contributed by atoms with Crippen LogP contribution < -0.4 is 0 Å². The van der Waals surface area contributed by atoms with E-state index in [0.29, 0.717) is 23.9 Å². The molecule has 0 bridgehead atoms. The molecule has 0 aliphatic rings. The highest BCUT2D eigenvalue weighted by molar-refractivity contribution is 7.99. The van der Waals surface area contributed by atoms with Crippen LogP contribution in [0.4, 0.5) is 14.5 Å². The van der Waals surface area contributed by atoms with E-state index in [2.05, 4.69) is 4.98 Å². The number of rotatable bonds is 4. The average Bonchev–Trinajstić information content (AvgIpc) is 2.42. The molecule has 1 aromatic heterocycles. The molecule has 0 atom stereocenters. The first-order valence-electron chi connectivity index (χ1n) is 5.39. The molecule has 1 heterocycles. The Morgan fingerprint density at radius 3 is 2.48 bits per heavy atom. The summed E-state index contributed by atoms with van der Waals surface area (Å²) >= 11 is 0.452. The number of aromatic carboxylic acids is 1. The first-order valence-corrected chi connectivity index (χ1v) is 6.21. The summed E-state index contributed by atoms with van der Waals surface area (Å²) in [6.45, 7) is 0. The van der Waals surface area contributed by atoms with E-state index in [1.54, 1.807) is 0 Å². The number of nitro groups is 1. The van der Waals surface area contributed by atoms with Gasteiger partial charge < -0.3 is 5.11 Å². The summed E-state index contributed by atoms with van der Waals surface area (Å²) in [5, 5.41) is 19.3. The minimum Gasteiger partial charge on any atom is -0.478 e. The van der Waals surface area contributed by atoms with Crippen molar-refractivity contribution in [1.82, 2.24) is 4.98 Å². The van der Waals surface area contributed by atoms with Crippen LogP contribution in [0.25, 0.3) is 0 Å². The second-order valence-corrected chi connectivity index (χ2v) is 4.76. The summed E-state index contributed by atoms with van der Waals surface area (Å²) in [4.78, 5) is 23.8. The average molecular weight is 312 g/mol. The van der Waals surface area contributed by atoms with Gasteiger partial charge in [0.2, 0.25) is 0 Å². The predicted octanol–water partition coefficient (Wildman–Crippen LogP) is 3.12. The number of halogens is 2. The standard InChI is InChI=1S/C12H6F2N2O4S/c13-8-4-6(16(19)20)5-9(14)10(8)21-11-7(12(17)18)2-1-3-15-11/h1-5H,(H,17,18). The minimum atomic E-state index is -1.30. The third-order valence-electron chi connectivity index (χ3n) is 2.39. The molecule has 1 aromatic carbocycles. The number of nitrogens with zero attached hydrogens (tertiary/aromatic N) is 2. The number of nitro benzene ring substituents is 1. The highest BCUT2D eigenvalue weighted by Crippen LogP contribution is 2.34. The zero-order valence-electron chi connectivity index (χ0n) is 10.1. The maximum atomic E-state index is 13.7. The Labute approximate surface area is 120 Å². The molecule has 21 heavy (non-hydrogen) atoms. The summed E-state index contributed by atoms with van der Waals surface area (Å²) in [5.41, 5.74) is -0.950. The molecule has 6 nitrogen and oxygen atoms in total. The third kappa shape index (κ3) is 3.14. The molecule has 0 aliphatic carbocycles. The molecule has 9 heteroatoms. The highest BCUT2D eigenvalue weighted by atomic mass is 32.2. The largest absolute Gasteiger partial charge is 0.478 e. The number of hydrogen-bond donors (Lipinski definition) is 1. The van der Waals surface area contributed by atoms with E-state index in [-0.39, 0.29) is 10.6 Å². The first-order chi connectivity index (χ1) is 9.90. The van der Waals surface area contributed by atoms with Gasteiger partial charge in [-0.1, -0.05) is 11.8 Å². The molecule has 0 saturated heterocycles. The number of benzene rings is 1. The zero-order valence-corrected chi connectivity index (χ0v) is 10.9. The Balaban J connectivity index is 2.46. The number of pyridine rings is 1. The van der Waals surface area contributed by atoms with Gasteiger partial charge in [0.15, 0.2) is 0 Å². The van der Waals surface area contributed by atoms with E-state index in [1.165, 1.54) is 18.3 Å². The number of hydrogen-bond acceptors (Lipinski definition) is 5. The molecule has 0 fully saturated rings. The molecule has 2 aromatic rings. The van der Waals surface area contributed by atoms with E-state index in [4.69, 9.17) is 5.11 Å². The van der Waals surface area contributed by atoms with Gasteiger partial charge >= 0.3 is 5.97 Å². The lowest BCUT2D eigenvalue weighted by atomic mass is 10.3. The normalized spacial score (nSPS) is 10.4. The Hall–Kier alpha value is -2.55. The highest BCUT2D eigenvalue weighted by Gasteiger charge is 2.20. The molecule has 2 rings (SSSR count). The van der Waals surface area contributed by atoms with Crippen molar-refractivity contribution < 1.29 is 23.6 Å². The number of non-ortho nitro benzene ring substituents is 1. The molecular formula is C12H6F2N2O4S. The van der Waals surface area contributed by atoms with Gasteiger partial charge in [-0.3, -0.25) is 10.1 Å². The topological polar surface area (TPSA) is 93.3 Å². The SMILES string of the molecule is O=C(O)c1cccnc1Sc1c(F)cc([N+](=O)[O-])cc1F. The lowest BCUT2D eigenvalue weighted by molar-refractivity contribution is -0.385. The van der Waals surface area contributed by atoms with Crippen LogP contribution in [0.1, 0.15) is 10.4 Å². The van der Waals surface area contributed by atoms with E-state index in [0.717, 1.165) is 0 Å². The van der Waals surface area contributed by atoms with Crippen LogP contribution in [0, 0.1) is 21.7 Å². The molecule has 1 N–H and O–H groups in total. The van der Waals surface area contributed by atoms with E-state index in [1.807, 2.05) is 0 Å². The van der Waals surface area contributed by atoms with Gasteiger partial charge in [-0.25, -0.2) is 18.6 Å². The van der Waals surface area contributed by atoms with E-state index in [9.17, 15) is 23.7 Å². The number of carboxylic acids is 1. The lowest BCUT2D eigenvalue weighted by Crippen LogP contribution is -2.01. The fourth-order valence-electron chi connectivity index (χ4n) is 1.48. The lowest BCUT2D eigenvalue weighted by Gasteiger charge is -2.06. The molecular weight excluding hydrogens is 306 g/mol. The Kier molecular flexibility index (Phi) is 4.13. The molecule has 0 amide bonds. The summed E-state index contributed by atoms with van der Waals surface area (Å²) in [7, 11) is 0. The monoisotopic (exact) mass is 312 g/mol. The van der Waals surface area contributed by atoms with Gasteiger partial charge in [0.1, 0.15) is 16.7 Å². The first kappa shape index (κ1) is 14.9. The van der Waals surface area contributed by atoms with Crippen LogP contribution in [0.15, 0.2) is 40.4 Å². The van der Waals surface area contributed by atoms with Crippen LogP contribution in [-0.4, -0.2) is 21.0 Å². The molecule has 0 radical (unpaired) electrons. The zero-order chi connectivity index (χ0) is 15.6. The van der Waals surface area contributed by atoms with Crippen molar-refractivity contribution in [3.8, 4) is 0 Å². The van der Waals surface area contributed by atoms with Crippen molar-refractivity contribution in [1.29, 1.82) is 0 Å². The van der Waals surface area contributed by atoms with Crippen LogP contribution >= 0.6 is 11.8 Å². The van der Waals surface area contributed by atoms with Crippen molar-refractivity contribution in [2.24, 2.45) is 0 Å². The van der Waals surface area contributed by atoms with Crippen LogP contribution in [-0.2, 0) is 0 Å². The van der Waals surface area contributed by atoms with E-state index < -0.39 is 33.1 Å². The summed E-state index contributed by atoms with van der Waals surface area (Å²) in [6.07, 6.45) is 1.27. The van der Waals surface area contributed by atoms with Gasteiger partial charge in [0, 0.05) is 6.20 Å². The van der Waals surface area contributed by atoms with Gasteiger partial charge in [-0.05, 0) is 12.1 Å². The van der Waals surface area contributed by atoms with Crippen molar-refractivity contribution in [3.05, 3.63) is 57.8 Å². The summed E-state index contributed by atoms with van der Waals surface area (Å²) in [5.74, 6) is -3.62. The molecule has 0 saturated carbocycles. The number of carboxylic acid groups (broad SMARTS) is 1. The molecule has 0 unspecified atom stereocenters. The second-order valence-electron chi connectivity index (χ2n) is 3.76. The van der Waals surface area contributed by atoms with Crippen LogP contribution in [0.5, 0.6) is 0 Å². The Morgan fingerprint density at radius 1 is 1.33 bits per heavy atom. The minimum absolute atomic E-state index is 0.114. The molecule has 108 valence electrons. The number of aromatic nitrogens is 1. The quantitative estimate of drug-likeness (QED) is 0.688. The van der Waals surface area contributed by atoms with Crippen molar-refractivity contribution >= 4 is 23.4 Å².